The second-order valence-electron chi connectivity index (χ2n) is 5.34. The monoisotopic (exact) mass is 387 g/mol. The van der Waals surface area contributed by atoms with Gasteiger partial charge in [0.05, 0.1) is 5.69 Å². The summed E-state index contributed by atoms with van der Waals surface area (Å²) in [5.41, 5.74) is 13.4. The molecule has 0 aliphatic carbocycles. The van der Waals surface area contributed by atoms with Gasteiger partial charge in [0.2, 0.25) is 0 Å². The lowest BCUT2D eigenvalue weighted by Gasteiger charge is -2.11. The van der Waals surface area contributed by atoms with E-state index < -0.39 is 0 Å². The molecule has 0 amide bonds. The van der Waals surface area contributed by atoms with E-state index in [1.807, 2.05) is 18.2 Å². The summed E-state index contributed by atoms with van der Waals surface area (Å²) >= 11 is 12.0. The molecular formula is C18H15Cl2N5O. The number of hydrogen-bond acceptors (Lipinski definition) is 6. The van der Waals surface area contributed by atoms with Gasteiger partial charge in [-0.15, -0.1) is 5.11 Å². The number of benzene rings is 2. The third-order valence-corrected chi connectivity index (χ3v) is 4.06. The van der Waals surface area contributed by atoms with Crippen LogP contribution in [0.2, 0.25) is 10.0 Å². The topological polar surface area (TPSA) is 98.9 Å². The third kappa shape index (κ3) is 4.41. The summed E-state index contributed by atoms with van der Waals surface area (Å²) in [6, 6.07) is 15.8. The molecule has 0 aliphatic heterocycles. The molecule has 8 heteroatoms. The fourth-order valence-electron chi connectivity index (χ4n) is 2.15. The van der Waals surface area contributed by atoms with Crippen LogP contribution >= 0.6 is 23.2 Å². The zero-order valence-corrected chi connectivity index (χ0v) is 15.1. The summed E-state index contributed by atoms with van der Waals surface area (Å²) in [4.78, 5) is 4.01. The van der Waals surface area contributed by atoms with E-state index in [1.165, 1.54) is 0 Å². The van der Waals surface area contributed by atoms with Crippen LogP contribution in [0, 0.1) is 0 Å². The van der Waals surface area contributed by atoms with Gasteiger partial charge in [0.15, 0.2) is 17.3 Å². The zero-order chi connectivity index (χ0) is 18.5. The highest BCUT2D eigenvalue weighted by atomic mass is 35.5. The second-order valence-corrected chi connectivity index (χ2v) is 6.18. The molecule has 0 radical (unpaired) electrons. The summed E-state index contributed by atoms with van der Waals surface area (Å²) in [5.74, 6) is 0.714. The summed E-state index contributed by atoms with van der Waals surface area (Å²) in [5, 5.41) is 9.52. The molecule has 3 aromatic rings. The van der Waals surface area contributed by atoms with Crippen LogP contribution in [0.5, 0.6) is 5.75 Å². The van der Waals surface area contributed by atoms with Gasteiger partial charge in [-0.2, -0.15) is 5.11 Å². The average Bonchev–Trinajstić information content (AvgIpc) is 2.61. The Kier molecular flexibility index (Phi) is 5.55. The van der Waals surface area contributed by atoms with E-state index in [0.717, 1.165) is 5.56 Å². The highest BCUT2D eigenvalue weighted by Gasteiger charge is 2.12. The molecular weight excluding hydrogens is 373 g/mol. The Morgan fingerprint density at radius 2 is 1.69 bits per heavy atom. The molecule has 0 aliphatic rings. The van der Waals surface area contributed by atoms with Gasteiger partial charge in [-0.1, -0.05) is 41.4 Å². The normalized spacial score (nSPS) is 11.0. The van der Waals surface area contributed by atoms with Crippen molar-refractivity contribution in [2.45, 2.75) is 6.61 Å². The smallest absolute Gasteiger partial charge is 0.170 e. The van der Waals surface area contributed by atoms with Crippen LogP contribution in [0.3, 0.4) is 0 Å². The molecule has 0 spiro atoms. The van der Waals surface area contributed by atoms with Crippen LogP contribution in [-0.2, 0) is 6.61 Å². The Hall–Kier alpha value is -2.83. The lowest BCUT2D eigenvalue weighted by Crippen LogP contribution is -2.01. The van der Waals surface area contributed by atoms with E-state index in [2.05, 4.69) is 15.2 Å². The quantitative estimate of drug-likeness (QED) is 0.560. The number of rotatable bonds is 5. The van der Waals surface area contributed by atoms with E-state index in [4.69, 9.17) is 39.4 Å². The van der Waals surface area contributed by atoms with Crippen LogP contribution in [0.1, 0.15) is 5.56 Å². The van der Waals surface area contributed by atoms with Crippen molar-refractivity contribution in [3.05, 3.63) is 70.2 Å². The summed E-state index contributed by atoms with van der Waals surface area (Å²) < 4.78 is 5.81. The molecule has 0 saturated heterocycles. The molecule has 0 atom stereocenters. The van der Waals surface area contributed by atoms with Crippen LogP contribution in [0.15, 0.2) is 64.8 Å². The first-order valence-corrected chi connectivity index (χ1v) is 8.38. The maximum absolute atomic E-state index is 6.15. The van der Waals surface area contributed by atoms with Gasteiger partial charge in [0, 0.05) is 21.7 Å². The Morgan fingerprint density at radius 1 is 0.962 bits per heavy atom. The lowest BCUT2D eigenvalue weighted by atomic mass is 10.2. The molecule has 1 aromatic heterocycles. The SMILES string of the molecule is Nc1cc(OCc2ccccc2Cl)c(N=Nc2ccc(Cl)cc2)c(N)n1. The van der Waals surface area contributed by atoms with E-state index in [1.54, 1.807) is 36.4 Å². The van der Waals surface area contributed by atoms with Crippen molar-refractivity contribution in [2.75, 3.05) is 11.5 Å². The number of aromatic nitrogens is 1. The Balaban J connectivity index is 1.87. The van der Waals surface area contributed by atoms with Crippen molar-refractivity contribution in [1.82, 2.24) is 4.98 Å². The third-order valence-electron chi connectivity index (χ3n) is 3.44. The number of nitrogens with zero attached hydrogens (tertiary/aromatic N) is 3. The number of nitrogens with two attached hydrogens (primary N) is 2. The maximum Gasteiger partial charge on any atom is 0.170 e. The highest BCUT2D eigenvalue weighted by Crippen LogP contribution is 2.36. The number of ether oxygens (including phenoxy) is 1. The van der Waals surface area contributed by atoms with Crippen molar-refractivity contribution in [3.8, 4) is 5.75 Å². The molecule has 0 fully saturated rings. The number of hydrogen-bond donors (Lipinski definition) is 2. The van der Waals surface area contributed by atoms with Gasteiger partial charge < -0.3 is 16.2 Å². The van der Waals surface area contributed by atoms with Crippen molar-refractivity contribution in [2.24, 2.45) is 10.2 Å². The molecule has 3 rings (SSSR count). The maximum atomic E-state index is 6.15. The predicted octanol–water partition coefficient (Wildman–Crippen LogP) is 5.55. The zero-order valence-electron chi connectivity index (χ0n) is 13.6. The van der Waals surface area contributed by atoms with Crippen LogP contribution in [0.4, 0.5) is 23.0 Å². The standard InChI is InChI=1S/C18H15Cl2N5O/c19-12-5-7-13(8-6-12)24-25-17-15(9-16(21)23-18(17)22)26-10-11-3-1-2-4-14(11)20/h1-9H,10H2,(H4,21,22,23). The average molecular weight is 388 g/mol. The van der Waals surface area contributed by atoms with Crippen molar-refractivity contribution in [3.63, 3.8) is 0 Å². The number of anilines is 2. The number of halogens is 2. The molecule has 0 unspecified atom stereocenters. The minimum atomic E-state index is 0.122. The minimum Gasteiger partial charge on any atom is -0.486 e. The van der Waals surface area contributed by atoms with Gasteiger partial charge in [-0.25, -0.2) is 4.98 Å². The summed E-state index contributed by atoms with van der Waals surface area (Å²) in [6.07, 6.45) is 0. The van der Waals surface area contributed by atoms with E-state index in [9.17, 15) is 0 Å². The molecule has 26 heavy (non-hydrogen) atoms. The van der Waals surface area contributed by atoms with Gasteiger partial charge in [0.1, 0.15) is 12.4 Å². The fourth-order valence-corrected chi connectivity index (χ4v) is 2.47. The van der Waals surface area contributed by atoms with Crippen molar-refractivity contribution >= 4 is 46.2 Å². The second kappa shape index (κ2) is 8.03. The molecule has 0 bridgehead atoms. The van der Waals surface area contributed by atoms with Gasteiger partial charge >= 0.3 is 0 Å². The van der Waals surface area contributed by atoms with Crippen molar-refractivity contribution in [1.29, 1.82) is 0 Å². The van der Waals surface area contributed by atoms with Gasteiger partial charge in [0.25, 0.3) is 0 Å². The van der Waals surface area contributed by atoms with Gasteiger partial charge in [-0.3, -0.25) is 0 Å². The van der Waals surface area contributed by atoms with E-state index in [-0.39, 0.29) is 18.2 Å². The van der Waals surface area contributed by atoms with Crippen LogP contribution in [0.25, 0.3) is 0 Å². The number of azo groups is 1. The first-order chi connectivity index (χ1) is 12.5. The Bertz CT molecular complexity index is 945. The first-order valence-electron chi connectivity index (χ1n) is 7.62. The Morgan fingerprint density at radius 3 is 2.42 bits per heavy atom. The van der Waals surface area contributed by atoms with E-state index >= 15 is 0 Å². The lowest BCUT2D eigenvalue weighted by molar-refractivity contribution is 0.307. The van der Waals surface area contributed by atoms with Crippen LogP contribution < -0.4 is 16.2 Å². The first kappa shape index (κ1) is 18.0. The summed E-state index contributed by atoms with van der Waals surface area (Å²) in [7, 11) is 0. The fraction of sp³-hybridized carbons (Fsp3) is 0.0556. The van der Waals surface area contributed by atoms with Gasteiger partial charge in [-0.05, 0) is 30.3 Å². The molecule has 132 valence electrons. The van der Waals surface area contributed by atoms with Crippen molar-refractivity contribution < 1.29 is 4.74 Å². The minimum absolute atomic E-state index is 0.122. The van der Waals surface area contributed by atoms with E-state index in [0.29, 0.717) is 27.2 Å². The van der Waals surface area contributed by atoms with Crippen LogP contribution in [-0.4, -0.2) is 4.98 Å². The molecule has 6 nitrogen and oxygen atoms in total. The summed E-state index contributed by atoms with van der Waals surface area (Å²) in [6.45, 7) is 0.228. The number of nitrogen functional groups attached to an aromatic ring is 2. The predicted molar refractivity (Wildman–Crippen MR) is 104 cm³/mol. The highest BCUT2D eigenvalue weighted by molar-refractivity contribution is 6.31. The molecule has 4 N–H and O–H groups in total. The Labute approximate surface area is 160 Å². The molecule has 0 saturated carbocycles. The number of pyridine rings is 1. The largest absolute Gasteiger partial charge is 0.486 e. The molecule has 1 heterocycles. The molecule has 2 aromatic carbocycles.